The van der Waals surface area contributed by atoms with Crippen LogP contribution in [0, 0.1) is 0 Å². The van der Waals surface area contributed by atoms with E-state index in [9.17, 15) is 4.79 Å². The van der Waals surface area contributed by atoms with Crippen LogP contribution in [0.25, 0.3) is 11.3 Å². The Kier molecular flexibility index (Phi) is 4.13. The van der Waals surface area contributed by atoms with Gasteiger partial charge in [0, 0.05) is 11.8 Å². The molecule has 22 heavy (non-hydrogen) atoms. The molecule has 1 aromatic carbocycles. The summed E-state index contributed by atoms with van der Waals surface area (Å²) in [5.74, 6) is 0.388. The van der Waals surface area contributed by atoms with E-state index in [4.69, 9.17) is 27.6 Å². The van der Waals surface area contributed by atoms with Gasteiger partial charge in [-0.1, -0.05) is 23.2 Å². The smallest absolute Gasteiger partial charge is 0.291 e. The lowest BCUT2D eigenvalue weighted by Crippen LogP contribution is -2.10. The van der Waals surface area contributed by atoms with E-state index in [2.05, 4.69) is 10.3 Å². The van der Waals surface area contributed by atoms with Crippen molar-refractivity contribution in [2.45, 2.75) is 0 Å². The number of furan rings is 1. The zero-order valence-electron chi connectivity index (χ0n) is 11.2. The molecule has 0 spiro atoms. The lowest BCUT2D eigenvalue weighted by Gasteiger charge is -2.02. The monoisotopic (exact) mass is 332 g/mol. The maximum atomic E-state index is 12.1. The van der Waals surface area contributed by atoms with Crippen molar-refractivity contribution in [2.24, 2.45) is 0 Å². The average molecular weight is 333 g/mol. The van der Waals surface area contributed by atoms with E-state index in [0.717, 1.165) is 5.56 Å². The number of nitrogens with one attached hydrogen (secondary N) is 1. The van der Waals surface area contributed by atoms with E-state index in [0.29, 0.717) is 21.5 Å². The summed E-state index contributed by atoms with van der Waals surface area (Å²) in [5, 5.41) is 3.59. The van der Waals surface area contributed by atoms with Crippen LogP contribution < -0.4 is 5.32 Å². The van der Waals surface area contributed by atoms with Gasteiger partial charge in [-0.25, -0.2) is 0 Å². The summed E-state index contributed by atoms with van der Waals surface area (Å²) in [6.07, 6.45) is 3.19. The van der Waals surface area contributed by atoms with Crippen LogP contribution in [0.2, 0.25) is 10.0 Å². The van der Waals surface area contributed by atoms with Crippen LogP contribution in [0.3, 0.4) is 0 Å². The first kappa shape index (κ1) is 14.6. The third kappa shape index (κ3) is 3.13. The molecule has 2 aromatic heterocycles. The fourth-order valence-corrected chi connectivity index (χ4v) is 2.19. The molecule has 0 aliphatic rings. The molecule has 3 aromatic rings. The quantitative estimate of drug-likeness (QED) is 0.742. The Bertz CT molecular complexity index is 816. The molecule has 4 nitrogen and oxygen atoms in total. The molecule has 1 amide bonds. The number of halogens is 2. The van der Waals surface area contributed by atoms with Crippen molar-refractivity contribution >= 4 is 34.8 Å². The molecule has 2 heterocycles. The molecule has 0 fully saturated rings. The van der Waals surface area contributed by atoms with Crippen LogP contribution in [0.5, 0.6) is 0 Å². The molecular weight excluding hydrogens is 323 g/mol. The fraction of sp³-hybridized carbons (Fsp3) is 0. The van der Waals surface area contributed by atoms with Crippen LogP contribution in [-0.2, 0) is 0 Å². The summed E-state index contributed by atoms with van der Waals surface area (Å²) in [4.78, 5) is 16.0. The number of hydrogen-bond donors (Lipinski definition) is 1. The van der Waals surface area contributed by atoms with E-state index >= 15 is 0 Å². The summed E-state index contributed by atoms with van der Waals surface area (Å²) < 4.78 is 5.56. The number of nitrogens with zero attached hydrogens (tertiary/aromatic N) is 1. The van der Waals surface area contributed by atoms with Gasteiger partial charge in [0.25, 0.3) is 5.91 Å². The Balaban J connectivity index is 1.81. The summed E-state index contributed by atoms with van der Waals surface area (Å²) in [6, 6.07) is 11.9. The number of amides is 1. The highest BCUT2D eigenvalue weighted by molar-refractivity contribution is 6.42. The lowest BCUT2D eigenvalue weighted by atomic mass is 10.2. The molecule has 0 radical (unpaired) electrons. The highest BCUT2D eigenvalue weighted by atomic mass is 35.5. The van der Waals surface area contributed by atoms with E-state index in [1.54, 1.807) is 54.9 Å². The first-order valence-corrected chi connectivity index (χ1v) is 7.16. The van der Waals surface area contributed by atoms with Crippen molar-refractivity contribution < 1.29 is 9.21 Å². The third-order valence-electron chi connectivity index (χ3n) is 2.95. The minimum atomic E-state index is -0.348. The zero-order valence-corrected chi connectivity index (χ0v) is 12.7. The Morgan fingerprint density at radius 1 is 1.09 bits per heavy atom. The molecule has 0 unspecified atom stereocenters. The number of aromatic nitrogens is 1. The van der Waals surface area contributed by atoms with Gasteiger partial charge in [0.2, 0.25) is 0 Å². The number of anilines is 1. The van der Waals surface area contributed by atoms with E-state index in [1.807, 2.05) is 0 Å². The van der Waals surface area contributed by atoms with Crippen molar-refractivity contribution in [3.8, 4) is 11.3 Å². The number of pyridine rings is 1. The molecular formula is C16H10Cl2N2O2. The van der Waals surface area contributed by atoms with Gasteiger partial charge in [0.1, 0.15) is 5.76 Å². The fourth-order valence-electron chi connectivity index (χ4n) is 1.89. The molecule has 0 saturated heterocycles. The first-order valence-electron chi connectivity index (χ1n) is 6.40. The Morgan fingerprint density at radius 3 is 2.68 bits per heavy atom. The second-order valence-electron chi connectivity index (χ2n) is 4.49. The number of rotatable bonds is 3. The predicted molar refractivity (Wildman–Crippen MR) is 86.4 cm³/mol. The summed E-state index contributed by atoms with van der Waals surface area (Å²) >= 11 is 11.9. The van der Waals surface area contributed by atoms with Gasteiger partial charge in [0.05, 0.1) is 21.9 Å². The second kappa shape index (κ2) is 6.22. The molecule has 0 saturated carbocycles. The standard InChI is InChI=1S/C16H10Cl2N2O2/c17-12-4-3-10(8-13(12)18)14-5-6-15(22-14)16(21)20-11-2-1-7-19-9-11/h1-9H,(H,20,21). The van der Waals surface area contributed by atoms with Crippen molar-refractivity contribution in [3.63, 3.8) is 0 Å². The molecule has 0 atom stereocenters. The van der Waals surface area contributed by atoms with Crippen LogP contribution in [0.15, 0.2) is 59.3 Å². The molecule has 0 bridgehead atoms. The second-order valence-corrected chi connectivity index (χ2v) is 5.30. The van der Waals surface area contributed by atoms with Crippen molar-refractivity contribution in [1.82, 2.24) is 4.98 Å². The maximum Gasteiger partial charge on any atom is 0.291 e. The topological polar surface area (TPSA) is 55.1 Å². The average Bonchev–Trinajstić information content (AvgIpc) is 3.01. The summed E-state index contributed by atoms with van der Waals surface area (Å²) in [6.45, 7) is 0. The molecule has 110 valence electrons. The van der Waals surface area contributed by atoms with Crippen LogP contribution in [0.4, 0.5) is 5.69 Å². The summed E-state index contributed by atoms with van der Waals surface area (Å²) in [5.41, 5.74) is 1.34. The molecule has 1 N–H and O–H groups in total. The highest BCUT2D eigenvalue weighted by Gasteiger charge is 2.13. The summed E-state index contributed by atoms with van der Waals surface area (Å²) in [7, 11) is 0. The van der Waals surface area contributed by atoms with Gasteiger partial charge < -0.3 is 9.73 Å². The minimum Gasteiger partial charge on any atom is -0.451 e. The van der Waals surface area contributed by atoms with Crippen LogP contribution in [-0.4, -0.2) is 10.9 Å². The lowest BCUT2D eigenvalue weighted by molar-refractivity contribution is 0.0997. The van der Waals surface area contributed by atoms with Gasteiger partial charge >= 0.3 is 0 Å². The molecule has 3 rings (SSSR count). The van der Waals surface area contributed by atoms with Gasteiger partial charge in [0.15, 0.2) is 5.76 Å². The first-order chi connectivity index (χ1) is 10.6. The molecule has 6 heteroatoms. The number of benzene rings is 1. The van der Waals surface area contributed by atoms with Gasteiger partial charge in [-0.15, -0.1) is 0 Å². The largest absolute Gasteiger partial charge is 0.451 e. The Hall–Kier alpha value is -2.30. The molecule has 0 aliphatic heterocycles. The molecule has 0 aliphatic carbocycles. The number of carbonyl (C=O) groups excluding carboxylic acids is 1. The highest BCUT2D eigenvalue weighted by Crippen LogP contribution is 2.29. The van der Waals surface area contributed by atoms with E-state index < -0.39 is 0 Å². The van der Waals surface area contributed by atoms with Crippen LogP contribution in [0.1, 0.15) is 10.6 Å². The third-order valence-corrected chi connectivity index (χ3v) is 3.69. The number of carbonyl (C=O) groups is 1. The van der Waals surface area contributed by atoms with Crippen molar-refractivity contribution in [2.75, 3.05) is 5.32 Å². The maximum absolute atomic E-state index is 12.1. The van der Waals surface area contributed by atoms with E-state index in [-0.39, 0.29) is 11.7 Å². The van der Waals surface area contributed by atoms with Gasteiger partial charge in [-0.3, -0.25) is 9.78 Å². The zero-order chi connectivity index (χ0) is 15.5. The van der Waals surface area contributed by atoms with Crippen molar-refractivity contribution in [1.29, 1.82) is 0 Å². The van der Waals surface area contributed by atoms with Crippen LogP contribution >= 0.6 is 23.2 Å². The number of hydrogen-bond acceptors (Lipinski definition) is 3. The van der Waals surface area contributed by atoms with E-state index in [1.165, 1.54) is 0 Å². The predicted octanol–water partition coefficient (Wildman–Crippen LogP) is 4.90. The Morgan fingerprint density at radius 2 is 1.95 bits per heavy atom. The SMILES string of the molecule is O=C(Nc1cccnc1)c1ccc(-c2ccc(Cl)c(Cl)c2)o1. The van der Waals surface area contributed by atoms with Crippen molar-refractivity contribution in [3.05, 3.63) is 70.7 Å². The van der Waals surface area contributed by atoms with Gasteiger partial charge in [-0.05, 0) is 42.5 Å². The minimum absolute atomic E-state index is 0.199. The van der Waals surface area contributed by atoms with Gasteiger partial charge in [-0.2, -0.15) is 0 Å². The normalized spacial score (nSPS) is 10.5. The Labute approximate surface area is 136 Å².